The molecule has 1 aromatic rings. The van der Waals surface area contributed by atoms with Crippen LogP contribution in [0.5, 0.6) is 5.75 Å². The van der Waals surface area contributed by atoms with Gasteiger partial charge in [-0.15, -0.1) is 0 Å². The van der Waals surface area contributed by atoms with Crippen molar-refractivity contribution in [3.8, 4) is 5.75 Å². The highest BCUT2D eigenvalue weighted by Crippen LogP contribution is 2.35. The smallest absolute Gasteiger partial charge is 0.412 e. The van der Waals surface area contributed by atoms with E-state index in [2.05, 4.69) is 10.3 Å². The predicted octanol–water partition coefficient (Wildman–Crippen LogP) is 1.51. The molecular formula is C19H27ClN4O6. The fraction of sp³-hybridized carbons (Fsp3) is 0.632. The third-order valence-electron chi connectivity index (χ3n) is 5.00. The van der Waals surface area contributed by atoms with Crippen molar-refractivity contribution in [1.29, 1.82) is 0 Å². The minimum Gasteiger partial charge on any atom is -0.465 e. The summed E-state index contributed by atoms with van der Waals surface area (Å²) < 4.78 is 21.4. The molecule has 2 aliphatic rings. The molecule has 166 valence electrons. The molecule has 0 atom stereocenters. The maximum Gasteiger partial charge on any atom is 0.412 e. The molecule has 10 nitrogen and oxygen atoms in total. The Hall–Kier alpha value is -2.30. The van der Waals surface area contributed by atoms with Crippen LogP contribution < -0.4 is 15.0 Å². The molecule has 11 heteroatoms. The minimum atomic E-state index is -0.625. The topological polar surface area (TPSA) is 102 Å². The van der Waals surface area contributed by atoms with Gasteiger partial charge in [-0.25, -0.2) is 14.6 Å². The summed E-state index contributed by atoms with van der Waals surface area (Å²) in [6.45, 7) is 7.57. The van der Waals surface area contributed by atoms with Crippen LogP contribution in [-0.2, 0) is 14.2 Å². The summed E-state index contributed by atoms with van der Waals surface area (Å²) in [5.74, 6) is -0.154. The quantitative estimate of drug-likeness (QED) is 0.413. The number of amides is 1. The SMILES string of the molecule is COC(=O)c1c(OCOC(=O)N2CCNCC2)cc(Cl)nc1N1CCOCC1(C)C. The molecule has 2 aliphatic heterocycles. The molecular weight excluding hydrogens is 416 g/mol. The van der Waals surface area contributed by atoms with Gasteiger partial charge in [0, 0.05) is 38.8 Å². The van der Waals surface area contributed by atoms with Gasteiger partial charge in [0.2, 0.25) is 6.79 Å². The number of ether oxygens (including phenoxy) is 4. The van der Waals surface area contributed by atoms with Gasteiger partial charge in [0.05, 0.1) is 25.9 Å². The first-order valence-corrected chi connectivity index (χ1v) is 10.1. The van der Waals surface area contributed by atoms with Gasteiger partial charge >= 0.3 is 12.1 Å². The van der Waals surface area contributed by atoms with E-state index in [1.165, 1.54) is 13.2 Å². The van der Waals surface area contributed by atoms with Crippen molar-refractivity contribution in [3.63, 3.8) is 0 Å². The van der Waals surface area contributed by atoms with E-state index in [-0.39, 0.29) is 23.3 Å². The van der Waals surface area contributed by atoms with Crippen LogP contribution in [0, 0.1) is 0 Å². The number of rotatable bonds is 5. The molecule has 0 radical (unpaired) electrons. The number of nitrogens with zero attached hydrogens (tertiary/aromatic N) is 3. The van der Waals surface area contributed by atoms with E-state index in [0.29, 0.717) is 51.8 Å². The number of halogens is 1. The first-order chi connectivity index (χ1) is 14.3. The number of nitrogens with one attached hydrogen (secondary N) is 1. The Labute approximate surface area is 180 Å². The average molecular weight is 443 g/mol. The molecule has 1 amide bonds. The van der Waals surface area contributed by atoms with Crippen LogP contribution in [0.3, 0.4) is 0 Å². The van der Waals surface area contributed by atoms with Crippen molar-refractivity contribution in [2.75, 3.05) is 64.7 Å². The highest BCUT2D eigenvalue weighted by atomic mass is 35.5. The van der Waals surface area contributed by atoms with Gasteiger partial charge < -0.3 is 34.1 Å². The van der Waals surface area contributed by atoms with Gasteiger partial charge in [-0.1, -0.05) is 11.6 Å². The van der Waals surface area contributed by atoms with Crippen molar-refractivity contribution < 1.29 is 28.5 Å². The maximum atomic E-state index is 12.6. The third-order valence-corrected chi connectivity index (χ3v) is 5.19. The number of hydrogen-bond acceptors (Lipinski definition) is 9. The second-order valence-electron chi connectivity index (χ2n) is 7.56. The molecule has 2 saturated heterocycles. The van der Waals surface area contributed by atoms with Crippen LogP contribution in [0.4, 0.5) is 10.6 Å². The Morgan fingerprint density at radius 1 is 1.30 bits per heavy atom. The Balaban J connectivity index is 1.82. The van der Waals surface area contributed by atoms with Crippen molar-refractivity contribution in [2.45, 2.75) is 19.4 Å². The molecule has 0 saturated carbocycles. The summed E-state index contributed by atoms with van der Waals surface area (Å²) in [6, 6.07) is 1.41. The molecule has 30 heavy (non-hydrogen) atoms. The van der Waals surface area contributed by atoms with E-state index in [4.69, 9.17) is 30.5 Å². The van der Waals surface area contributed by atoms with Crippen molar-refractivity contribution in [3.05, 3.63) is 16.8 Å². The zero-order valence-corrected chi connectivity index (χ0v) is 18.2. The minimum absolute atomic E-state index is 0.120. The highest BCUT2D eigenvalue weighted by molar-refractivity contribution is 6.29. The Kier molecular flexibility index (Phi) is 7.22. The van der Waals surface area contributed by atoms with Gasteiger partial charge in [-0.05, 0) is 13.8 Å². The number of pyridine rings is 1. The lowest BCUT2D eigenvalue weighted by Gasteiger charge is -2.43. The first kappa shape index (κ1) is 22.4. The molecule has 2 fully saturated rings. The predicted molar refractivity (Wildman–Crippen MR) is 109 cm³/mol. The van der Waals surface area contributed by atoms with E-state index in [1.807, 2.05) is 18.7 Å². The van der Waals surface area contributed by atoms with Crippen LogP contribution in [-0.4, -0.2) is 87.3 Å². The standard InChI is InChI=1S/C19H27ClN4O6/c1-19(2)11-28-9-8-24(19)16-15(17(25)27-3)13(10-14(20)22-16)29-12-30-18(26)23-6-4-21-5-7-23/h10,21H,4-9,11-12H2,1-3H3. The lowest BCUT2D eigenvalue weighted by atomic mass is 10.0. The van der Waals surface area contributed by atoms with E-state index < -0.39 is 17.6 Å². The van der Waals surface area contributed by atoms with Crippen LogP contribution >= 0.6 is 11.6 Å². The maximum absolute atomic E-state index is 12.6. The lowest BCUT2D eigenvalue weighted by Crippen LogP contribution is -2.54. The highest BCUT2D eigenvalue weighted by Gasteiger charge is 2.36. The summed E-state index contributed by atoms with van der Waals surface area (Å²) in [7, 11) is 1.28. The summed E-state index contributed by atoms with van der Waals surface area (Å²) in [5.41, 5.74) is -0.305. The zero-order chi connectivity index (χ0) is 21.7. The second kappa shape index (κ2) is 9.67. The summed E-state index contributed by atoms with van der Waals surface area (Å²) in [5, 5.41) is 3.30. The molecule has 0 aromatic carbocycles. The van der Waals surface area contributed by atoms with Crippen molar-refractivity contribution >= 4 is 29.5 Å². The average Bonchev–Trinajstić information content (AvgIpc) is 2.73. The summed E-state index contributed by atoms with van der Waals surface area (Å²) in [4.78, 5) is 32.7. The zero-order valence-electron chi connectivity index (χ0n) is 17.4. The van der Waals surface area contributed by atoms with Crippen molar-refractivity contribution in [1.82, 2.24) is 15.2 Å². The van der Waals surface area contributed by atoms with Gasteiger partial charge in [0.25, 0.3) is 0 Å². The fourth-order valence-corrected chi connectivity index (χ4v) is 3.60. The monoisotopic (exact) mass is 442 g/mol. The molecule has 1 aromatic heterocycles. The van der Waals surface area contributed by atoms with E-state index in [1.54, 1.807) is 4.90 Å². The molecule has 3 heterocycles. The molecule has 0 spiro atoms. The Morgan fingerprint density at radius 2 is 2.03 bits per heavy atom. The second-order valence-corrected chi connectivity index (χ2v) is 7.95. The number of morpholine rings is 1. The number of hydrogen-bond donors (Lipinski definition) is 1. The molecule has 0 unspecified atom stereocenters. The normalized spacial score (nSPS) is 18.7. The summed E-state index contributed by atoms with van der Waals surface area (Å²) >= 11 is 6.22. The largest absolute Gasteiger partial charge is 0.465 e. The number of methoxy groups -OCH3 is 1. The van der Waals surface area contributed by atoms with Crippen LogP contribution in [0.1, 0.15) is 24.2 Å². The number of carbonyl (C=O) groups excluding carboxylic acids is 2. The third kappa shape index (κ3) is 5.05. The Bertz CT molecular complexity index is 785. The molecule has 0 aliphatic carbocycles. The van der Waals surface area contributed by atoms with Crippen LogP contribution in [0.2, 0.25) is 5.15 Å². The van der Waals surface area contributed by atoms with Crippen LogP contribution in [0.15, 0.2) is 6.07 Å². The number of esters is 1. The van der Waals surface area contributed by atoms with Gasteiger partial charge in [0.15, 0.2) is 0 Å². The van der Waals surface area contributed by atoms with E-state index in [0.717, 1.165) is 0 Å². The van der Waals surface area contributed by atoms with Gasteiger partial charge in [-0.2, -0.15) is 0 Å². The number of aromatic nitrogens is 1. The van der Waals surface area contributed by atoms with Gasteiger partial charge in [0.1, 0.15) is 22.3 Å². The summed E-state index contributed by atoms with van der Waals surface area (Å²) in [6.07, 6.45) is -0.481. The van der Waals surface area contributed by atoms with Crippen LogP contribution in [0.25, 0.3) is 0 Å². The number of anilines is 1. The number of piperazine rings is 1. The number of carbonyl (C=O) groups is 2. The van der Waals surface area contributed by atoms with E-state index >= 15 is 0 Å². The Morgan fingerprint density at radius 3 is 2.70 bits per heavy atom. The molecule has 0 bridgehead atoms. The lowest BCUT2D eigenvalue weighted by molar-refractivity contribution is 0.0315. The van der Waals surface area contributed by atoms with Crippen molar-refractivity contribution in [2.24, 2.45) is 0 Å². The molecule has 1 N–H and O–H groups in total. The van der Waals surface area contributed by atoms with E-state index in [9.17, 15) is 9.59 Å². The van der Waals surface area contributed by atoms with Gasteiger partial charge in [-0.3, -0.25) is 0 Å². The molecule has 3 rings (SSSR count). The first-order valence-electron chi connectivity index (χ1n) is 9.73. The fourth-order valence-electron chi connectivity index (χ4n) is 3.42.